The van der Waals surface area contributed by atoms with Gasteiger partial charge in [0.15, 0.2) is 0 Å². The van der Waals surface area contributed by atoms with Crippen LogP contribution in [0.4, 0.5) is 5.69 Å². The molecule has 0 radical (unpaired) electrons. The zero-order chi connectivity index (χ0) is 12.8. The van der Waals surface area contributed by atoms with E-state index in [4.69, 9.17) is 22.4 Å². The fraction of sp³-hybridized carbons (Fsp3) is 0.538. The van der Waals surface area contributed by atoms with Crippen molar-refractivity contribution in [1.29, 1.82) is 0 Å². The third-order valence-electron chi connectivity index (χ3n) is 2.81. The molecule has 0 saturated carbocycles. The van der Waals surface area contributed by atoms with Crippen LogP contribution in [0.15, 0.2) is 18.2 Å². The Morgan fingerprint density at radius 2 is 2.12 bits per heavy atom. The Morgan fingerprint density at radius 3 is 2.71 bits per heavy atom. The summed E-state index contributed by atoms with van der Waals surface area (Å²) in [5.74, 6) is 0. The van der Waals surface area contributed by atoms with Crippen molar-refractivity contribution in [2.24, 2.45) is 0 Å². The number of nitrogens with zero attached hydrogens (tertiary/aromatic N) is 1. The first-order valence-corrected chi connectivity index (χ1v) is 6.31. The molecule has 0 saturated heterocycles. The second-order valence-corrected chi connectivity index (χ2v) is 4.92. The molecule has 1 rings (SSSR count). The molecule has 4 heteroatoms. The lowest BCUT2D eigenvalue weighted by Gasteiger charge is -2.26. The Morgan fingerprint density at radius 1 is 1.41 bits per heavy atom. The van der Waals surface area contributed by atoms with Gasteiger partial charge >= 0.3 is 0 Å². The minimum atomic E-state index is 0.217. The van der Waals surface area contributed by atoms with Crippen molar-refractivity contribution >= 4 is 17.3 Å². The van der Waals surface area contributed by atoms with Crippen LogP contribution in [0.25, 0.3) is 0 Å². The first-order valence-electron chi connectivity index (χ1n) is 5.93. The van der Waals surface area contributed by atoms with Gasteiger partial charge in [0.1, 0.15) is 0 Å². The number of aliphatic hydroxyl groups is 1. The van der Waals surface area contributed by atoms with Crippen molar-refractivity contribution in [2.45, 2.75) is 32.9 Å². The molecule has 3 N–H and O–H groups in total. The summed E-state index contributed by atoms with van der Waals surface area (Å²) in [5.41, 5.74) is 7.74. The van der Waals surface area contributed by atoms with Crippen LogP contribution in [0.5, 0.6) is 0 Å². The molecule has 0 amide bonds. The molecule has 3 nitrogen and oxygen atoms in total. The third kappa shape index (κ3) is 4.54. The van der Waals surface area contributed by atoms with Crippen molar-refractivity contribution in [1.82, 2.24) is 4.90 Å². The van der Waals surface area contributed by atoms with E-state index in [-0.39, 0.29) is 6.61 Å². The molecule has 17 heavy (non-hydrogen) atoms. The van der Waals surface area contributed by atoms with Crippen LogP contribution in [0.1, 0.15) is 25.8 Å². The van der Waals surface area contributed by atoms with Crippen LogP contribution >= 0.6 is 11.6 Å². The van der Waals surface area contributed by atoms with Gasteiger partial charge in [-0.15, -0.1) is 0 Å². The summed E-state index contributed by atoms with van der Waals surface area (Å²) in [6, 6.07) is 5.96. The van der Waals surface area contributed by atoms with E-state index in [9.17, 15) is 0 Å². The fourth-order valence-electron chi connectivity index (χ4n) is 1.72. The van der Waals surface area contributed by atoms with Crippen LogP contribution in [0, 0.1) is 0 Å². The lowest BCUT2D eigenvalue weighted by atomic mass is 10.1. The SMILES string of the molecule is CC(C)N(CCCO)Cc1cc(Cl)ccc1N. The number of anilines is 1. The molecule has 0 aromatic heterocycles. The summed E-state index contributed by atoms with van der Waals surface area (Å²) < 4.78 is 0. The van der Waals surface area contributed by atoms with Crippen molar-refractivity contribution in [2.75, 3.05) is 18.9 Å². The number of hydrogen-bond donors (Lipinski definition) is 2. The van der Waals surface area contributed by atoms with E-state index in [1.165, 1.54) is 0 Å². The lowest BCUT2D eigenvalue weighted by molar-refractivity contribution is 0.185. The van der Waals surface area contributed by atoms with Crippen LogP contribution in [-0.2, 0) is 6.54 Å². The average Bonchev–Trinajstić information content (AvgIpc) is 2.28. The number of nitrogen functional groups attached to an aromatic ring is 1. The Kier molecular flexibility index (Phi) is 5.75. The van der Waals surface area contributed by atoms with E-state index in [0.29, 0.717) is 11.1 Å². The van der Waals surface area contributed by atoms with E-state index < -0.39 is 0 Å². The van der Waals surface area contributed by atoms with Gasteiger partial charge in [0.25, 0.3) is 0 Å². The average molecular weight is 257 g/mol. The second kappa shape index (κ2) is 6.84. The van der Waals surface area contributed by atoms with E-state index in [2.05, 4.69) is 18.7 Å². The van der Waals surface area contributed by atoms with Gasteiger partial charge in [0.05, 0.1) is 0 Å². The monoisotopic (exact) mass is 256 g/mol. The Bertz CT molecular complexity index is 355. The summed E-state index contributed by atoms with van der Waals surface area (Å²) in [6.07, 6.45) is 0.776. The molecule has 1 aromatic carbocycles. The van der Waals surface area contributed by atoms with E-state index in [1.54, 1.807) is 6.07 Å². The van der Waals surface area contributed by atoms with Gasteiger partial charge in [-0.05, 0) is 44.0 Å². The number of hydrogen-bond acceptors (Lipinski definition) is 3. The molecular weight excluding hydrogens is 236 g/mol. The first kappa shape index (κ1) is 14.3. The van der Waals surface area contributed by atoms with E-state index in [1.807, 2.05) is 12.1 Å². The first-order chi connectivity index (χ1) is 8.04. The number of rotatable bonds is 6. The van der Waals surface area contributed by atoms with Crippen LogP contribution in [0.3, 0.4) is 0 Å². The fourth-order valence-corrected chi connectivity index (χ4v) is 1.92. The van der Waals surface area contributed by atoms with Crippen LogP contribution in [-0.4, -0.2) is 29.2 Å². The highest BCUT2D eigenvalue weighted by atomic mass is 35.5. The van der Waals surface area contributed by atoms with Gasteiger partial charge in [0, 0.05) is 36.4 Å². The molecular formula is C13H21ClN2O. The predicted octanol–water partition coefficient (Wildman–Crippen LogP) is 2.51. The highest BCUT2D eigenvalue weighted by Crippen LogP contribution is 2.20. The molecule has 96 valence electrons. The molecule has 0 spiro atoms. The normalized spacial score (nSPS) is 11.4. The van der Waals surface area contributed by atoms with E-state index >= 15 is 0 Å². The Labute approximate surface area is 108 Å². The predicted molar refractivity (Wildman–Crippen MR) is 73.1 cm³/mol. The van der Waals surface area contributed by atoms with Gasteiger partial charge in [-0.2, -0.15) is 0 Å². The minimum Gasteiger partial charge on any atom is -0.398 e. The second-order valence-electron chi connectivity index (χ2n) is 4.48. The molecule has 0 fully saturated rings. The molecule has 0 aliphatic carbocycles. The molecule has 0 heterocycles. The molecule has 0 aliphatic rings. The number of aliphatic hydroxyl groups excluding tert-OH is 1. The largest absolute Gasteiger partial charge is 0.398 e. The summed E-state index contributed by atoms with van der Waals surface area (Å²) in [6.45, 7) is 6.12. The molecule has 0 bridgehead atoms. The van der Waals surface area contributed by atoms with Crippen LogP contribution < -0.4 is 5.73 Å². The standard InChI is InChI=1S/C13H21ClN2O/c1-10(2)16(6-3-7-17)9-11-8-12(14)4-5-13(11)15/h4-5,8,10,17H,3,6-7,9,15H2,1-2H3. The zero-order valence-electron chi connectivity index (χ0n) is 10.5. The zero-order valence-corrected chi connectivity index (χ0v) is 11.2. The third-order valence-corrected chi connectivity index (χ3v) is 3.05. The summed E-state index contributed by atoms with van der Waals surface area (Å²) in [5, 5.41) is 9.60. The quantitative estimate of drug-likeness (QED) is 0.769. The number of nitrogens with two attached hydrogens (primary N) is 1. The van der Waals surface area contributed by atoms with Crippen molar-refractivity contribution in [3.05, 3.63) is 28.8 Å². The van der Waals surface area contributed by atoms with Crippen molar-refractivity contribution in [3.63, 3.8) is 0 Å². The summed E-state index contributed by atoms with van der Waals surface area (Å²) in [4.78, 5) is 2.28. The van der Waals surface area contributed by atoms with Gasteiger partial charge < -0.3 is 10.8 Å². The summed E-state index contributed by atoms with van der Waals surface area (Å²) >= 11 is 5.97. The smallest absolute Gasteiger partial charge is 0.0443 e. The Balaban J connectivity index is 2.74. The van der Waals surface area contributed by atoms with Crippen molar-refractivity contribution < 1.29 is 5.11 Å². The number of halogens is 1. The van der Waals surface area contributed by atoms with Gasteiger partial charge in [-0.3, -0.25) is 4.90 Å². The topological polar surface area (TPSA) is 49.5 Å². The summed E-state index contributed by atoms with van der Waals surface area (Å²) in [7, 11) is 0. The van der Waals surface area contributed by atoms with Crippen LogP contribution in [0.2, 0.25) is 5.02 Å². The maximum absolute atomic E-state index is 8.89. The lowest BCUT2D eigenvalue weighted by Crippen LogP contribution is -2.32. The number of benzene rings is 1. The van der Waals surface area contributed by atoms with Gasteiger partial charge in [-0.1, -0.05) is 11.6 Å². The Hall–Kier alpha value is -0.770. The maximum atomic E-state index is 8.89. The maximum Gasteiger partial charge on any atom is 0.0443 e. The molecule has 0 atom stereocenters. The van der Waals surface area contributed by atoms with Crippen molar-refractivity contribution in [3.8, 4) is 0 Å². The highest BCUT2D eigenvalue weighted by molar-refractivity contribution is 6.30. The van der Waals surface area contributed by atoms with Gasteiger partial charge in [0.2, 0.25) is 0 Å². The minimum absolute atomic E-state index is 0.217. The molecule has 0 unspecified atom stereocenters. The molecule has 1 aromatic rings. The van der Waals surface area contributed by atoms with E-state index in [0.717, 1.165) is 30.8 Å². The molecule has 0 aliphatic heterocycles. The van der Waals surface area contributed by atoms with Gasteiger partial charge in [-0.25, -0.2) is 0 Å². The highest BCUT2D eigenvalue weighted by Gasteiger charge is 2.11.